The zero-order valence-electron chi connectivity index (χ0n) is 21.0. The van der Waals surface area contributed by atoms with E-state index in [0.29, 0.717) is 31.0 Å². The molecular weight excluding hydrogens is 432 g/mol. The molecule has 1 aliphatic heterocycles. The Hall–Kier alpha value is -3.06. The van der Waals surface area contributed by atoms with Crippen LogP contribution in [0.25, 0.3) is 0 Å². The van der Waals surface area contributed by atoms with E-state index >= 15 is 0 Å². The minimum absolute atomic E-state index is 0.0404. The number of ether oxygens (including phenoxy) is 2. The minimum Gasteiger partial charge on any atom is -0.504 e. The van der Waals surface area contributed by atoms with Gasteiger partial charge in [-0.25, -0.2) is 0 Å². The summed E-state index contributed by atoms with van der Waals surface area (Å²) in [5.41, 5.74) is 1.18. The van der Waals surface area contributed by atoms with Gasteiger partial charge in [0.25, 0.3) is 5.91 Å². The van der Waals surface area contributed by atoms with Gasteiger partial charge < -0.3 is 24.4 Å². The number of carbonyl (C=O) groups is 2. The van der Waals surface area contributed by atoms with Gasteiger partial charge in [-0.3, -0.25) is 9.59 Å². The number of hydrogen-bond donors (Lipinski definition) is 1. The fourth-order valence-electron chi connectivity index (χ4n) is 4.14. The molecule has 186 valence electrons. The standard InChI is InChI=1S/C15H21NO2.C12H17NO3/c1-3-18-14(17)15(9-11-16(2)12-10-15)13-7-5-4-6-8-13;1-4-13(5-2)12(15)9-6-7-10(14)11(8-9)16-3/h4-8H,3,9-12H2,1-2H3;6-8,14H,4-5H2,1-3H3. The number of likely N-dealkylation sites (tertiary alicyclic amines) is 1. The van der Waals surface area contributed by atoms with Crippen molar-refractivity contribution in [3.05, 3.63) is 59.7 Å². The average molecular weight is 471 g/mol. The number of phenolic OH excluding ortho intramolecular Hbond substituents is 1. The first kappa shape index (κ1) is 27.2. The lowest BCUT2D eigenvalue weighted by atomic mass is 9.73. The zero-order valence-corrected chi connectivity index (χ0v) is 21.0. The number of amides is 1. The van der Waals surface area contributed by atoms with E-state index in [0.717, 1.165) is 31.5 Å². The Morgan fingerprint density at radius 1 is 1.03 bits per heavy atom. The van der Waals surface area contributed by atoms with Gasteiger partial charge in [0.2, 0.25) is 0 Å². The summed E-state index contributed by atoms with van der Waals surface area (Å²) in [6.07, 6.45) is 1.68. The number of phenols is 1. The van der Waals surface area contributed by atoms with Crippen LogP contribution in [-0.2, 0) is 14.9 Å². The first-order valence-corrected chi connectivity index (χ1v) is 11.9. The van der Waals surface area contributed by atoms with Gasteiger partial charge >= 0.3 is 5.97 Å². The molecule has 1 fully saturated rings. The van der Waals surface area contributed by atoms with E-state index < -0.39 is 5.41 Å². The summed E-state index contributed by atoms with van der Waals surface area (Å²) in [6.45, 7) is 9.38. The van der Waals surface area contributed by atoms with Crippen LogP contribution in [0.5, 0.6) is 11.5 Å². The van der Waals surface area contributed by atoms with Gasteiger partial charge in [0.15, 0.2) is 11.5 Å². The Morgan fingerprint density at radius 3 is 2.18 bits per heavy atom. The van der Waals surface area contributed by atoms with Crippen LogP contribution in [0, 0.1) is 0 Å². The number of benzene rings is 2. The van der Waals surface area contributed by atoms with Crippen molar-refractivity contribution >= 4 is 11.9 Å². The smallest absolute Gasteiger partial charge is 0.316 e. The average Bonchev–Trinajstić information content (AvgIpc) is 2.86. The highest BCUT2D eigenvalue weighted by Crippen LogP contribution is 2.36. The minimum atomic E-state index is -0.441. The van der Waals surface area contributed by atoms with Crippen molar-refractivity contribution in [2.24, 2.45) is 0 Å². The van der Waals surface area contributed by atoms with Crippen LogP contribution in [0.3, 0.4) is 0 Å². The zero-order chi connectivity index (χ0) is 25.1. The monoisotopic (exact) mass is 470 g/mol. The van der Waals surface area contributed by atoms with Crippen LogP contribution in [0.15, 0.2) is 48.5 Å². The van der Waals surface area contributed by atoms with E-state index in [2.05, 4.69) is 11.9 Å². The van der Waals surface area contributed by atoms with Crippen molar-refractivity contribution < 1.29 is 24.2 Å². The topological polar surface area (TPSA) is 79.3 Å². The lowest BCUT2D eigenvalue weighted by molar-refractivity contribution is -0.152. The molecule has 1 aliphatic rings. The van der Waals surface area contributed by atoms with Crippen LogP contribution in [0.4, 0.5) is 0 Å². The highest BCUT2D eigenvalue weighted by atomic mass is 16.5. The van der Waals surface area contributed by atoms with Crippen molar-refractivity contribution in [1.29, 1.82) is 0 Å². The fourth-order valence-corrected chi connectivity index (χ4v) is 4.14. The first-order chi connectivity index (χ1) is 16.3. The first-order valence-electron chi connectivity index (χ1n) is 11.9. The molecular formula is C27H38N2O5. The van der Waals surface area contributed by atoms with Crippen LogP contribution in [-0.4, -0.2) is 73.7 Å². The molecule has 0 aliphatic carbocycles. The Kier molecular flexibility index (Phi) is 10.4. The van der Waals surface area contributed by atoms with Gasteiger partial charge in [-0.05, 0) is 77.5 Å². The molecule has 1 amide bonds. The molecule has 1 heterocycles. The highest BCUT2D eigenvalue weighted by molar-refractivity contribution is 5.94. The molecule has 7 nitrogen and oxygen atoms in total. The number of hydrogen-bond acceptors (Lipinski definition) is 6. The molecule has 3 rings (SSSR count). The third kappa shape index (κ3) is 6.50. The molecule has 0 saturated carbocycles. The number of piperidine rings is 1. The fraction of sp³-hybridized carbons (Fsp3) is 0.481. The third-order valence-corrected chi connectivity index (χ3v) is 6.31. The van der Waals surface area contributed by atoms with Crippen molar-refractivity contribution in [3.63, 3.8) is 0 Å². The van der Waals surface area contributed by atoms with Crippen LogP contribution in [0.1, 0.15) is 49.5 Å². The van der Waals surface area contributed by atoms with E-state index in [-0.39, 0.29) is 17.6 Å². The van der Waals surface area contributed by atoms with E-state index in [4.69, 9.17) is 9.47 Å². The molecule has 0 unspecified atom stereocenters. The van der Waals surface area contributed by atoms with Crippen molar-refractivity contribution in [2.45, 2.75) is 39.0 Å². The quantitative estimate of drug-likeness (QED) is 0.614. The van der Waals surface area contributed by atoms with Gasteiger partial charge in [-0.15, -0.1) is 0 Å². The molecule has 0 aromatic heterocycles. The Bertz CT molecular complexity index is 920. The number of aromatic hydroxyl groups is 1. The number of rotatable bonds is 7. The molecule has 0 radical (unpaired) electrons. The van der Waals surface area contributed by atoms with Crippen molar-refractivity contribution in [1.82, 2.24) is 9.80 Å². The Labute approximate surface area is 203 Å². The number of carbonyl (C=O) groups excluding carboxylic acids is 2. The molecule has 34 heavy (non-hydrogen) atoms. The maximum absolute atomic E-state index is 12.4. The van der Waals surface area contributed by atoms with Crippen LogP contribution >= 0.6 is 0 Å². The maximum atomic E-state index is 12.4. The van der Waals surface area contributed by atoms with Crippen molar-refractivity contribution in [2.75, 3.05) is 46.9 Å². The van der Waals surface area contributed by atoms with E-state index in [1.165, 1.54) is 13.2 Å². The van der Waals surface area contributed by atoms with Crippen molar-refractivity contribution in [3.8, 4) is 11.5 Å². The predicted octanol–water partition coefficient (Wildman–Crippen LogP) is 4.10. The number of nitrogens with zero attached hydrogens (tertiary/aromatic N) is 2. The molecule has 0 atom stereocenters. The summed E-state index contributed by atoms with van der Waals surface area (Å²) in [6, 6.07) is 14.7. The van der Waals surface area contributed by atoms with Gasteiger partial charge in [0, 0.05) is 18.7 Å². The molecule has 1 saturated heterocycles. The summed E-state index contributed by atoms with van der Waals surface area (Å²) >= 11 is 0. The summed E-state index contributed by atoms with van der Waals surface area (Å²) in [5, 5.41) is 9.42. The maximum Gasteiger partial charge on any atom is 0.316 e. The largest absolute Gasteiger partial charge is 0.504 e. The lowest BCUT2D eigenvalue weighted by Crippen LogP contribution is -2.47. The Morgan fingerprint density at radius 2 is 1.65 bits per heavy atom. The van der Waals surface area contributed by atoms with E-state index in [1.54, 1.807) is 17.0 Å². The van der Waals surface area contributed by atoms with Gasteiger partial charge in [-0.1, -0.05) is 30.3 Å². The molecule has 2 aromatic rings. The molecule has 0 bridgehead atoms. The second-order valence-corrected chi connectivity index (χ2v) is 8.34. The Balaban J connectivity index is 0.000000242. The van der Waals surface area contributed by atoms with E-state index in [1.807, 2.05) is 51.1 Å². The highest BCUT2D eigenvalue weighted by Gasteiger charge is 2.43. The summed E-state index contributed by atoms with van der Waals surface area (Å²) in [7, 11) is 3.56. The second-order valence-electron chi connectivity index (χ2n) is 8.34. The summed E-state index contributed by atoms with van der Waals surface area (Å²) in [5.74, 6) is 0.240. The van der Waals surface area contributed by atoms with Gasteiger partial charge in [0.05, 0.1) is 19.1 Å². The second kappa shape index (κ2) is 13.0. The molecule has 7 heteroatoms. The summed E-state index contributed by atoms with van der Waals surface area (Å²) < 4.78 is 10.3. The third-order valence-electron chi connectivity index (χ3n) is 6.31. The SMILES string of the molecule is CCN(CC)C(=O)c1ccc(O)c(OC)c1.CCOC(=O)C1(c2ccccc2)CCN(C)CC1. The van der Waals surface area contributed by atoms with Gasteiger partial charge in [-0.2, -0.15) is 0 Å². The predicted molar refractivity (Wildman–Crippen MR) is 133 cm³/mol. The van der Waals surface area contributed by atoms with Crippen LogP contribution in [0.2, 0.25) is 0 Å². The summed E-state index contributed by atoms with van der Waals surface area (Å²) in [4.78, 5) is 28.3. The molecule has 2 aromatic carbocycles. The lowest BCUT2D eigenvalue weighted by Gasteiger charge is -2.38. The molecule has 0 spiro atoms. The van der Waals surface area contributed by atoms with E-state index in [9.17, 15) is 14.7 Å². The number of esters is 1. The van der Waals surface area contributed by atoms with Crippen LogP contribution < -0.4 is 4.74 Å². The van der Waals surface area contributed by atoms with Gasteiger partial charge in [0.1, 0.15) is 0 Å². The molecule has 1 N–H and O–H groups in total. The normalized spacial score (nSPS) is 15.0. The number of methoxy groups -OCH3 is 1.